The lowest BCUT2D eigenvalue weighted by Gasteiger charge is -2.15. The standard InChI is InChI=1S/C19H19N3O4/c1-3-16(18(23)20-17-12-13(2)26-21-17)25-19(24)14-6-8-15(9-7-14)22-10-4-5-11-22/h4-12,16H,3H2,1-2H3,(H,20,21,23). The first-order valence-corrected chi connectivity index (χ1v) is 8.25. The van der Waals surface area contributed by atoms with E-state index in [0.29, 0.717) is 17.7 Å². The number of benzene rings is 1. The highest BCUT2D eigenvalue weighted by atomic mass is 16.5. The molecule has 0 aliphatic heterocycles. The van der Waals surface area contributed by atoms with Gasteiger partial charge in [-0.15, -0.1) is 0 Å². The molecule has 1 unspecified atom stereocenters. The van der Waals surface area contributed by atoms with Gasteiger partial charge in [-0.05, 0) is 49.7 Å². The van der Waals surface area contributed by atoms with Crippen LogP contribution in [0.5, 0.6) is 0 Å². The summed E-state index contributed by atoms with van der Waals surface area (Å²) in [7, 11) is 0. The van der Waals surface area contributed by atoms with Crippen molar-refractivity contribution < 1.29 is 18.8 Å². The molecule has 7 nitrogen and oxygen atoms in total. The second-order valence-electron chi connectivity index (χ2n) is 5.75. The highest BCUT2D eigenvalue weighted by Crippen LogP contribution is 2.14. The number of aromatic nitrogens is 2. The number of amides is 1. The van der Waals surface area contributed by atoms with E-state index in [-0.39, 0.29) is 5.82 Å². The zero-order chi connectivity index (χ0) is 18.5. The van der Waals surface area contributed by atoms with E-state index in [1.165, 1.54) is 0 Å². The molecule has 0 fully saturated rings. The molecular weight excluding hydrogens is 334 g/mol. The molecule has 3 aromatic rings. The summed E-state index contributed by atoms with van der Waals surface area (Å²) in [5, 5.41) is 6.27. The van der Waals surface area contributed by atoms with Crippen LogP contribution in [0.1, 0.15) is 29.5 Å². The van der Waals surface area contributed by atoms with Crippen LogP contribution in [0.25, 0.3) is 5.69 Å². The number of hydrogen-bond acceptors (Lipinski definition) is 5. The first kappa shape index (κ1) is 17.5. The maximum Gasteiger partial charge on any atom is 0.338 e. The quantitative estimate of drug-likeness (QED) is 0.687. The molecular formula is C19H19N3O4. The van der Waals surface area contributed by atoms with Crippen molar-refractivity contribution in [2.75, 3.05) is 5.32 Å². The molecule has 2 heterocycles. The van der Waals surface area contributed by atoms with E-state index < -0.39 is 18.0 Å². The summed E-state index contributed by atoms with van der Waals surface area (Å²) in [5.74, 6) is -0.133. The second-order valence-corrected chi connectivity index (χ2v) is 5.75. The lowest BCUT2D eigenvalue weighted by Crippen LogP contribution is -2.32. The van der Waals surface area contributed by atoms with E-state index in [4.69, 9.17) is 9.26 Å². The molecule has 0 bridgehead atoms. The zero-order valence-electron chi connectivity index (χ0n) is 14.5. The van der Waals surface area contributed by atoms with Gasteiger partial charge in [0, 0.05) is 24.1 Å². The Morgan fingerprint density at radius 3 is 2.50 bits per heavy atom. The van der Waals surface area contributed by atoms with Crippen LogP contribution >= 0.6 is 0 Å². The lowest BCUT2D eigenvalue weighted by atomic mass is 10.2. The minimum Gasteiger partial charge on any atom is -0.449 e. The highest BCUT2D eigenvalue weighted by Gasteiger charge is 2.23. The molecule has 3 rings (SSSR count). The zero-order valence-corrected chi connectivity index (χ0v) is 14.5. The second kappa shape index (κ2) is 7.69. The predicted molar refractivity (Wildman–Crippen MR) is 95.1 cm³/mol. The Kier molecular flexibility index (Phi) is 5.17. The van der Waals surface area contributed by atoms with Crippen molar-refractivity contribution >= 4 is 17.7 Å². The summed E-state index contributed by atoms with van der Waals surface area (Å²) < 4.78 is 12.2. The van der Waals surface area contributed by atoms with Crippen LogP contribution < -0.4 is 5.32 Å². The van der Waals surface area contributed by atoms with Crippen LogP contribution in [0.4, 0.5) is 5.82 Å². The SMILES string of the molecule is CCC(OC(=O)c1ccc(-n2cccc2)cc1)C(=O)Nc1cc(C)on1. The third-order valence-electron chi connectivity index (χ3n) is 3.80. The van der Waals surface area contributed by atoms with Gasteiger partial charge in [-0.1, -0.05) is 12.1 Å². The summed E-state index contributed by atoms with van der Waals surface area (Å²) >= 11 is 0. The number of hydrogen-bond donors (Lipinski definition) is 1. The molecule has 0 aliphatic carbocycles. The molecule has 0 radical (unpaired) electrons. The van der Waals surface area contributed by atoms with Gasteiger partial charge in [-0.3, -0.25) is 4.79 Å². The molecule has 1 aromatic carbocycles. The number of ether oxygens (including phenoxy) is 1. The third kappa shape index (κ3) is 4.00. The van der Waals surface area contributed by atoms with E-state index in [9.17, 15) is 9.59 Å². The summed E-state index contributed by atoms with van der Waals surface area (Å²) in [6.45, 7) is 3.48. The predicted octanol–water partition coefficient (Wildman–Crippen LogP) is 3.35. The minimum absolute atomic E-state index is 0.290. The normalized spacial score (nSPS) is 11.8. The Morgan fingerprint density at radius 2 is 1.92 bits per heavy atom. The summed E-state index contributed by atoms with van der Waals surface area (Å²) in [6, 6.07) is 12.4. The molecule has 134 valence electrons. The van der Waals surface area contributed by atoms with Crippen molar-refractivity contribution in [1.29, 1.82) is 0 Å². The molecule has 1 amide bonds. The van der Waals surface area contributed by atoms with Gasteiger partial charge in [0.25, 0.3) is 5.91 Å². The van der Waals surface area contributed by atoms with E-state index in [2.05, 4.69) is 10.5 Å². The molecule has 26 heavy (non-hydrogen) atoms. The smallest absolute Gasteiger partial charge is 0.338 e. The number of carbonyl (C=O) groups excluding carboxylic acids is 2. The van der Waals surface area contributed by atoms with Crippen LogP contribution in [-0.2, 0) is 9.53 Å². The number of aryl methyl sites for hydroxylation is 1. The first-order valence-electron chi connectivity index (χ1n) is 8.25. The fraction of sp³-hybridized carbons (Fsp3) is 0.211. The summed E-state index contributed by atoms with van der Waals surface area (Å²) in [6.07, 6.45) is 3.26. The van der Waals surface area contributed by atoms with Crippen LogP contribution in [0.2, 0.25) is 0 Å². The molecule has 1 atom stereocenters. The molecule has 7 heteroatoms. The molecule has 1 N–H and O–H groups in total. The highest BCUT2D eigenvalue weighted by molar-refractivity contribution is 5.97. The molecule has 0 spiro atoms. The average Bonchev–Trinajstić information content (AvgIpc) is 3.31. The van der Waals surface area contributed by atoms with Crippen LogP contribution in [-0.4, -0.2) is 27.7 Å². The van der Waals surface area contributed by atoms with Gasteiger partial charge in [-0.2, -0.15) is 0 Å². The van der Waals surface area contributed by atoms with Crippen LogP contribution in [0.3, 0.4) is 0 Å². The van der Waals surface area contributed by atoms with Gasteiger partial charge in [0.1, 0.15) is 5.76 Å². The van der Waals surface area contributed by atoms with Gasteiger partial charge in [0.05, 0.1) is 5.56 Å². The maximum absolute atomic E-state index is 12.3. The van der Waals surface area contributed by atoms with E-state index in [1.807, 2.05) is 41.2 Å². The van der Waals surface area contributed by atoms with Gasteiger partial charge in [0.15, 0.2) is 11.9 Å². The number of nitrogens with one attached hydrogen (secondary N) is 1. The minimum atomic E-state index is -0.913. The van der Waals surface area contributed by atoms with E-state index in [1.54, 1.807) is 32.0 Å². The Bertz CT molecular complexity index is 882. The summed E-state index contributed by atoms with van der Waals surface area (Å²) in [4.78, 5) is 24.6. The van der Waals surface area contributed by atoms with Crippen molar-refractivity contribution in [1.82, 2.24) is 9.72 Å². The molecule has 0 saturated heterocycles. The Hall–Kier alpha value is -3.35. The Morgan fingerprint density at radius 1 is 1.23 bits per heavy atom. The van der Waals surface area contributed by atoms with Gasteiger partial charge >= 0.3 is 5.97 Å². The van der Waals surface area contributed by atoms with Crippen molar-refractivity contribution in [3.8, 4) is 5.69 Å². The fourth-order valence-electron chi connectivity index (χ4n) is 2.43. The van der Waals surface area contributed by atoms with Crippen LogP contribution in [0, 0.1) is 6.92 Å². The Labute approximate surface area is 150 Å². The Balaban J connectivity index is 1.64. The van der Waals surface area contributed by atoms with E-state index >= 15 is 0 Å². The number of esters is 1. The molecule has 0 aliphatic rings. The fourth-order valence-corrected chi connectivity index (χ4v) is 2.43. The maximum atomic E-state index is 12.3. The molecule has 2 aromatic heterocycles. The van der Waals surface area contributed by atoms with Crippen molar-refractivity contribution in [3.63, 3.8) is 0 Å². The van der Waals surface area contributed by atoms with Gasteiger partial charge in [0.2, 0.25) is 0 Å². The van der Waals surface area contributed by atoms with Gasteiger partial charge in [-0.25, -0.2) is 4.79 Å². The van der Waals surface area contributed by atoms with Crippen LogP contribution in [0.15, 0.2) is 59.4 Å². The number of nitrogens with zero attached hydrogens (tertiary/aromatic N) is 2. The number of carbonyl (C=O) groups is 2. The van der Waals surface area contributed by atoms with Crippen molar-refractivity contribution in [2.24, 2.45) is 0 Å². The monoisotopic (exact) mass is 353 g/mol. The largest absolute Gasteiger partial charge is 0.449 e. The summed E-state index contributed by atoms with van der Waals surface area (Å²) in [5.41, 5.74) is 1.31. The topological polar surface area (TPSA) is 86.4 Å². The lowest BCUT2D eigenvalue weighted by molar-refractivity contribution is -0.124. The third-order valence-corrected chi connectivity index (χ3v) is 3.80. The number of rotatable bonds is 6. The van der Waals surface area contributed by atoms with E-state index in [0.717, 1.165) is 5.69 Å². The molecule has 0 saturated carbocycles. The van der Waals surface area contributed by atoms with Crippen molar-refractivity contribution in [3.05, 3.63) is 66.2 Å². The average molecular weight is 353 g/mol. The first-order chi connectivity index (χ1) is 12.6. The number of anilines is 1. The van der Waals surface area contributed by atoms with Crippen molar-refractivity contribution in [2.45, 2.75) is 26.4 Å². The van der Waals surface area contributed by atoms with Gasteiger partial charge < -0.3 is 19.1 Å².